The predicted octanol–water partition coefficient (Wildman–Crippen LogP) is 1.78. The molecule has 8 nitrogen and oxygen atoms in total. The van der Waals surface area contributed by atoms with Crippen LogP contribution in [0.2, 0.25) is 0 Å². The molecular formula is C16H18N4O4S. The third-order valence-corrected chi connectivity index (χ3v) is 4.73. The van der Waals surface area contributed by atoms with Crippen LogP contribution < -0.4 is 5.32 Å². The number of aromatic nitrogens is 1. The van der Waals surface area contributed by atoms with E-state index in [0.29, 0.717) is 17.2 Å². The van der Waals surface area contributed by atoms with Crippen LogP contribution in [0.5, 0.6) is 0 Å². The van der Waals surface area contributed by atoms with Crippen LogP contribution in [0.15, 0.2) is 29.6 Å². The zero-order valence-electron chi connectivity index (χ0n) is 13.5. The molecule has 9 heteroatoms. The summed E-state index contributed by atoms with van der Waals surface area (Å²) >= 11 is 1.26. The molecule has 2 aromatic rings. The number of carbonyl (C=O) groups is 1. The first kappa shape index (κ1) is 17.5. The van der Waals surface area contributed by atoms with Crippen LogP contribution in [0.1, 0.15) is 9.80 Å². The Kier molecular flexibility index (Phi) is 5.69. The summed E-state index contributed by atoms with van der Waals surface area (Å²) < 4.78 is 5.29. The van der Waals surface area contributed by atoms with E-state index in [1.165, 1.54) is 23.5 Å². The van der Waals surface area contributed by atoms with E-state index < -0.39 is 4.92 Å². The van der Waals surface area contributed by atoms with Crippen LogP contribution in [0.25, 0.3) is 11.3 Å². The smallest absolute Gasteiger partial charge is 0.280 e. The van der Waals surface area contributed by atoms with Crippen LogP contribution in [-0.2, 0) is 4.74 Å². The maximum absolute atomic E-state index is 12.2. The topological polar surface area (TPSA) is 97.6 Å². The van der Waals surface area contributed by atoms with E-state index in [1.807, 2.05) is 0 Å². The minimum absolute atomic E-state index is 0.0278. The molecule has 1 saturated heterocycles. The number of nitrogens with zero attached hydrogens (tertiary/aromatic N) is 3. The van der Waals surface area contributed by atoms with E-state index in [2.05, 4.69) is 15.2 Å². The standard InChI is InChI=1S/C16H18N4O4S/c21-15(17-5-6-19-7-9-24-10-8-19)16-18-14(11-25-16)12-1-3-13(4-2-12)20(22)23/h1-4,11H,5-10H2,(H,17,21). The Morgan fingerprint density at radius 2 is 2.04 bits per heavy atom. The fourth-order valence-corrected chi connectivity index (χ4v) is 3.23. The second-order valence-corrected chi connectivity index (χ2v) is 6.41. The normalized spacial score (nSPS) is 15.0. The highest BCUT2D eigenvalue weighted by Crippen LogP contribution is 2.24. The second kappa shape index (κ2) is 8.15. The van der Waals surface area contributed by atoms with Gasteiger partial charge in [-0.25, -0.2) is 4.98 Å². The monoisotopic (exact) mass is 362 g/mol. The lowest BCUT2D eigenvalue weighted by Crippen LogP contribution is -2.41. The summed E-state index contributed by atoms with van der Waals surface area (Å²) in [4.78, 5) is 29.0. The van der Waals surface area contributed by atoms with Crippen molar-refractivity contribution in [3.8, 4) is 11.3 Å². The molecule has 1 fully saturated rings. The van der Waals surface area contributed by atoms with Gasteiger partial charge in [0.15, 0.2) is 5.01 Å². The van der Waals surface area contributed by atoms with E-state index in [-0.39, 0.29) is 11.6 Å². The summed E-state index contributed by atoms with van der Waals surface area (Å²) in [5, 5.41) is 15.7. The first-order chi connectivity index (χ1) is 12.1. The predicted molar refractivity (Wildman–Crippen MR) is 93.8 cm³/mol. The highest BCUT2D eigenvalue weighted by molar-refractivity contribution is 7.12. The summed E-state index contributed by atoms with van der Waals surface area (Å²) in [6.45, 7) is 4.59. The van der Waals surface area contributed by atoms with Gasteiger partial charge in [0, 0.05) is 49.3 Å². The second-order valence-electron chi connectivity index (χ2n) is 5.55. The maximum atomic E-state index is 12.2. The molecule has 3 rings (SSSR count). The van der Waals surface area contributed by atoms with Crippen molar-refractivity contribution in [1.82, 2.24) is 15.2 Å². The highest BCUT2D eigenvalue weighted by Gasteiger charge is 2.14. The lowest BCUT2D eigenvalue weighted by molar-refractivity contribution is -0.384. The summed E-state index contributed by atoms with van der Waals surface area (Å²) in [7, 11) is 0. The van der Waals surface area contributed by atoms with Gasteiger partial charge in [0.25, 0.3) is 11.6 Å². The van der Waals surface area contributed by atoms with Crippen LogP contribution in [-0.4, -0.2) is 60.1 Å². The van der Waals surface area contributed by atoms with Crippen molar-refractivity contribution >= 4 is 22.9 Å². The molecule has 2 heterocycles. The number of amides is 1. The molecule has 1 aromatic heterocycles. The molecule has 0 saturated carbocycles. The molecule has 1 aliphatic rings. The van der Waals surface area contributed by atoms with E-state index in [0.717, 1.165) is 38.4 Å². The molecule has 25 heavy (non-hydrogen) atoms. The Balaban J connectivity index is 1.54. The summed E-state index contributed by atoms with van der Waals surface area (Å²) in [6, 6.07) is 6.12. The number of hydrogen-bond donors (Lipinski definition) is 1. The zero-order chi connectivity index (χ0) is 17.6. The van der Waals surface area contributed by atoms with Gasteiger partial charge < -0.3 is 10.1 Å². The Morgan fingerprint density at radius 1 is 1.32 bits per heavy atom. The lowest BCUT2D eigenvalue weighted by Gasteiger charge is -2.26. The Bertz CT molecular complexity index is 741. The average Bonchev–Trinajstić information content (AvgIpc) is 3.13. The van der Waals surface area contributed by atoms with Gasteiger partial charge in [0.2, 0.25) is 0 Å². The molecule has 0 unspecified atom stereocenters. The van der Waals surface area contributed by atoms with Crippen LogP contribution in [0, 0.1) is 10.1 Å². The number of benzene rings is 1. The molecule has 0 spiro atoms. The number of nitrogens with one attached hydrogen (secondary N) is 1. The molecule has 0 atom stereocenters. The van der Waals surface area contributed by atoms with Gasteiger partial charge in [-0.05, 0) is 12.1 Å². The number of rotatable bonds is 6. The highest BCUT2D eigenvalue weighted by atomic mass is 32.1. The largest absolute Gasteiger partial charge is 0.379 e. The number of hydrogen-bond acceptors (Lipinski definition) is 7. The number of carbonyl (C=O) groups excluding carboxylic acids is 1. The van der Waals surface area contributed by atoms with Gasteiger partial charge in [-0.2, -0.15) is 0 Å². The maximum Gasteiger partial charge on any atom is 0.280 e. The fourth-order valence-electron chi connectivity index (χ4n) is 2.49. The van der Waals surface area contributed by atoms with Gasteiger partial charge in [0.1, 0.15) is 0 Å². The molecular weight excluding hydrogens is 344 g/mol. The minimum atomic E-state index is -0.446. The summed E-state index contributed by atoms with van der Waals surface area (Å²) in [5.41, 5.74) is 1.41. The molecule has 1 N–H and O–H groups in total. The van der Waals surface area contributed by atoms with Crippen LogP contribution >= 0.6 is 11.3 Å². The number of morpholine rings is 1. The third-order valence-electron chi connectivity index (χ3n) is 3.89. The lowest BCUT2D eigenvalue weighted by atomic mass is 10.1. The van der Waals surface area contributed by atoms with Crippen molar-refractivity contribution in [2.24, 2.45) is 0 Å². The number of non-ortho nitro benzene ring substituents is 1. The Labute approximate surface area is 148 Å². The van der Waals surface area contributed by atoms with Gasteiger partial charge in [0.05, 0.1) is 23.8 Å². The van der Waals surface area contributed by atoms with Crippen molar-refractivity contribution in [2.75, 3.05) is 39.4 Å². The summed E-state index contributed by atoms with van der Waals surface area (Å²) in [6.07, 6.45) is 0. The van der Waals surface area contributed by atoms with Crippen molar-refractivity contribution in [3.63, 3.8) is 0 Å². The Morgan fingerprint density at radius 3 is 2.72 bits per heavy atom. The van der Waals surface area contributed by atoms with E-state index in [4.69, 9.17) is 4.74 Å². The SMILES string of the molecule is O=C(NCCN1CCOCC1)c1nc(-c2ccc([N+](=O)[O-])cc2)cs1. The van der Waals surface area contributed by atoms with Gasteiger partial charge in [-0.1, -0.05) is 0 Å². The van der Waals surface area contributed by atoms with Crippen molar-refractivity contribution in [3.05, 3.63) is 44.8 Å². The number of ether oxygens (including phenoxy) is 1. The fraction of sp³-hybridized carbons (Fsp3) is 0.375. The Hall–Kier alpha value is -2.36. The van der Waals surface area contributed by atoms with Crippen molar-refractivity contribution in [2.45, 2.75) is 0 Å². The van der Waals surface area contributed by atoms with Gasteiger partial charge >= 0.3 is 0 Å². The molecule has 1 aliphatic heterocycles. The number of thiazole rings is 1. The van der Waals surface area contributed by atoms with E-state index >= 15 is 0 Å². The molecule has 132 valence electrons. The van der Waals surface area contributed by atoms with E-state index in [1.54, 1.807) is 17.5 Å². The quantitative estimate of drug-likeness (QED) is 0.621. The number of nitro groups is 1. The number of nitro benzene ring substituents is 1. The molecule has 0 bridgehead atoms. The third kappa shape index (κ3) is 4.59. The van der Waals surface area contributed by atoms with Crippen molar-refractivity contribution < 1.29 is 14.5 Å². The minimum Gasteiger partial charge on any atom is -0.379 e. The van der Waals surface area contributed by atoms with Crippen LogP contribution in [0.3, 0.4) is 0 Å². The van der Waals surface area contributed by atoms with Gasteiger partial charge in [-0.3, -0.25) is 19.8 Å². The van der Waals surface area contributed by atoms with E-state index in [9.17, 15) is 14.9 Å². The average molecular weight is 362 g/mol. The first-order valence-electron chi connectivity index (χ1n) is 7.92. The van der Waals surface area contributed by atoms with Crippen LogP contribution in [0.4, 0.5) is 5.69 Å². The molecule has 1 aromatic carbocycles. The molecule has 0 radical (unpaired) electrons. The van der Waals surface area contributed by atoms with Gasteiger partial charge in [-0.15, -0.1) is 11.3 Å². The molecule has 1 amide bonds. The zero-order valence-corrected chi connectivity index (χ0v) is 14.3. The first-order valence-corrected chi connectivity index (χ1v) is 8.80. The molecule has 0 aliphatic carbocycles. The summed E-state index contributed by atoms with van der Waals surface area (Å²) in [5.74, 6) is -0.202. The van der Waals surface area contributed by atoms with Crippen molar-refractivity contribution in [1.29, 1.82) is 0 Å².